The highest BCUT2D eigenvalue weighted by molar-refractivity contribution is 5.82. The zero-order valence-corrected chi connectivity index (χ0v) is 19.7. The fourth-order valence-corrected chi connectivity index (χ4v) is 4.55. The molecule has 4 aromatic heterocycles. The quantitative estimate of drug-likeness (QED) is 0.426. The zero-order chi connectivity index (χ0) is 22.9. The lowest BCUT2D eigenvalue weighted by atomic mass is 9.74. The van der Waals surface area contributed by atoms with Crippen LogP contribution in [0, 0.1) is 18.8 Å². The average molecular weight is 446 g/mol. The number of fused-ring (bicyclic) bond motifs is 1. The van der Waals surface area contributed by atoms with Gasteiger partial charge in [-0.1, -0.05) is 6.07 Å². The van der Waals surface area contributed by atoms with Crippen LogP contribution in [0.3, 0.4) is 0 Å². The second-order valence-corrected chi connectivity index (χ2v) is 9.17. The van der Waals surface area contributed by atoms with Crippen molar-refractivity contribution in [3.63, 3.8) is 0 Å². The summed E-state index contributed by atoms with van der Waals surface area (Å²) in [6.07, 6.45) is 8.29. The number of rotatable bonds is 8. The first kappa shape index (κ1) is 21.6. The highest BCUT2D eigenvalue weighted by Crippen LogP contribution is 2.36. The van der Waals surface area contributed by atoms with Gasteiger partial charge < -0.3 is 10.1 Å². The van der Waals surface area contributed by atoms with Crippen LogP contribution in [-0.4, -0.2) is 49.6 Å². The van der Waals surface area contributed by atoms with Gasteiger partial charge in [0, 0.05) is 50.5 Å². The number of nitrogens with one attached hydrogen (secondary N) is 1. The molecule has 4 heterocycles. The SMILES string of the molecule is COC[C@@H]1CC[C@@H]1CNc1nc(-c2ccccn2)nn2cc(-c3ccn(C(C)C)n3)c(C)c12. The molecular formula is C25H31N7O. The molecule has 1 aliphatic rings. The molecule has 1 aliphatic carbocycles. The third-order valence-electron chi connectivity index (χ3n) is 6.68. The summed E-state index contributed by atoms with van der Waals surface area (Å²) in [6.45, 7) is 8.06. The Kier molecular flexibility index (Phi) is 5.85. The Balaban J connectivity index is 1.55. The van der Waals surface area contributed by atoms with Gasteiger partial charge in [0.1, 0.15) is 11.2 Å². The Morgan fingerprint density at radius 1 is 1.12 bits per heavy atom. The molecule has 5 rings (SSSR count). The molecule has 0 radical (unpaired) electrons. The van der Waals surface area contributed by atoms with Crippen LogP contribution in [0.25, 0.3) is 28.3 Å². The van der Waals surface area contributed by atoms with Gasteiger partial charge in [-0.25, -0.2) is 9.50 Å². The summed E-state index contributed by atoms with van der Waals surface area (Å²) in [7, 11) is 1.78. The Bertz CT molecular complexity index is 1240. The number of aryl methyl sites for hydroxylation is 1. The predicted octanol–water partition coefficient (Wildman–Crippen LogP) is 4.63. The minimum absolute atomic E-state index is 0.311. The maximum Gasteiger partial charge on any atom is 0.200 e. The molecular weight excluding hydrogens is 414 g/mol. The van der Waals surface area contributed by atoms with Gasteiger partial charge in [-0.05, 0) is 69.2 Å². The van der Waals surface area contributed by atoms with Gasteiger partial charge in [-0.2, -0.15) is 5.10 Å². The fraction of sp³-hybridized carbons (Fsp3) is 0.440. The maximum absolute atomic E-state index is 5.39. The first-order valence-electron chi connectivity index (χ1n) is 11.6. The minimum atomic E-state index is 0.311. The van der Waals surface area contributed by atoms with Gasteiger partial charge in [-0.15, -0.1) is 5.10 Å². The van der Waals surface area contributed by atoms with Gasteiger partial charge >= 0.3 is 0 Å². The molecule has 8 nitrogen and oxygen atoms in total. The molecule has 0 saturated heterocycles. The molecule has 4 aromatic rings. The van der Waals surface area contributed by atoms with Crippen molar-refractivity contribution in [2.45, 2.75) is 39.7 Å². The van der Waals surface area contributed by atoms with Gasteiger partial charge in [0.05, 0.1) is 5.69 Å². The summed E-state index contributed by atoms with van der Waals surface area (Å²) in [5.74, 6) is 2.64. The van der Waals surface area contributed by atoms with Crippen molar-refractivity contribution in [2.75, 3.05) is 25.6 Å². The summed E-state index contributed by atoms with van der Waals surface area (Å²) in [6, 6.07) is 8.17. The smallest absolute Gasteiger partial charge is 0.200 e. The molecule has 33 heavy (non-hydrogen) atoms. The normalized spacial score (nSPS) is 18.1. The van der Waals surface area contributed by atoms with Crippen molar-refractivity contribution in [3.8, 4) is 22.8 Å². The van der Waals surface area contributed by atoms with E-state index in [2.05, 4.69) is 37.1 Å². The van der Waals surface area contributed by atoms with Crippen molar-refractivity contribution in [2.24, 2.45) is 11.8 Å². The van der Waals surface area contributed by atoms with Gasteiger partial charge in [-0.3, -0.25) is 9.67 Å². The number of ether oxygens (including phenoxy) is 1. The van der Waals surface area contributed by atoms with E-state index in [-0.39, 0.29) is 0 Å². The van der Waals surface area contributed by atoms with Crippen LogP contribution in [0.2, 0.25) is 0 Å². The summed E-state index contributed by atoms with van der Waals surface area (Å²) in [4.78, 5) is 9.38. The first-order chi connectivity index (χ1) is 16.0. The number of hydrogen-bond acceptors (Lipinski definition) is 6. The standard InChI is InChI=1S/C25H31N7O/c1-16(2)31-12-10-21(29-31)20-14-32-23(17(20)3)25(27-13-18-8-9-19(18)15-33-4)28-24(30-32)22-7-5-6-11-26-22/h5-7,10-12,14,16,18-19H,8-9,13,15H2,1-4H3,(H,27,28,30)/t18-,19+/m1/s1. The summed E-state index contributed by atoms with van der Waals surface area (Å²) < 4.78 is 9.29. The number of pyridine rings is 1. The number of anilines is 1. The topological polar surface area (TPSA) is 82.2 Å². The average Bonchev–Trinajstić information content (AvgIpc) is 3.42. The number of aromatic nitrogens is 6. The molecule has 1 fully saturated rings. The van der Waals surface area contributed by atoms with Crippen molar-refractivity contribution in [1.29, 1.82) is 0 Å². The summed E-state index contributed by atoms with van der Waals surface area (Å²) in [5, 5.41) is 13.2. The van der Waals surface area contributed by atoms with E-state index in [1.54, 1.807) is 13.3 Å². The van der Waals surface area contributed by atoms with E-state index >= 15 is 0 Å². The molecule has 0 aromatic carbocycles. The number of methoxy groups -OCH3 is 1. The molecule has 2 atom stereocenters. The molecule has 172 valence electrons. The Morgan fingerprint density at radius 2 is 1.97 bits per heavy atom. The molecule has 0 bridgehead atoms. The molecule has 0 unspecified atom stereocenters. The molecule has 0 spiro atoms. The second kappa shape index (κ2) is 8.94. The largest absolute Gasteiger partial charge is 0.384 e. The van der Waals surface area contributed by atoms with Crippen molar-refractivity contribution in [1.82, 2.24) is 29.4 Å². The van der Waals surface area contributed by atoms with E-state index in [1.807, 2.05) is 39.8 Å². The van der Waals surface area contributed by atoms with Crippen LogP contribution in [0.5, 0.6) is 0 Å². The van der Waals surface area contributed by atoms with E-state index in [0.717, 1.165) is 47.0 Å². The monoisotopic (exact) mass is 445 g/mol. The van der Waals surface area contributed by atoms with E-state index in [9.17, 15) is 0 Å². The molecule has 1 N–H and O–H groups in total. The number of nitrogens with zero attached hydrogens (tertiary/aromatic N) is 6. The van der Waals surface area contributed by atoms with Crippen LogP contribution in [0.4, 0.5) is 5.82 Å². The predicted molar refractivity (Wildman–Crippen MR) is 129 cm³/mol. The second-order valence-electron chi connectivity index (χ2n) is 9.17. The first-order valence-corrected chi connectivity index (χ1v) is 11.6. The van der Waals surface area contributed by atoms with Crippen LogP contribution in [0.15, 0.2) is 42.9 Å². The Morgan fingerprint density at radius 3 is 2.64 bits per heavy atom. The van der Waals surface area contributed by atoms with Crippen LogP contribution < -0.4 is 5.32 Å². The molecule has 1 saturated carbocycles. The van der Waals surface area contributed by atoms with Crippen molar-refractivity contribution >= 4 is 11.3 Å². The van der Waals surface area contributed by atoms with Gasteiger partial charge in [0.15, 0.2) is 5.82 Å². The van der Waals surface area contributed by atoms with E-state index in [4.69, 9.17) is 19.9 Å². The van der Waals surface area contributed by atoms with Crippen LogP contribution in [-0.2, 0) is 4.74 Å². The van der Waals surface area contributed by atoms with Gasteiger partial charge in [0.25, 0.3) is 0 Å². The highest BCUT2D eigenvalue weighted by atomic mass is 16.5. The number of hydrogen-bond donors (Lipinski definition) is 1. The lowest BCUT2D eigenvalue weighted by molar-refractivity contribution is 0.0658. The van der Waals surface area contributed by atoms with Crippen molar-refractivity contribution < 1.29 is 4.74 Å². The summed E-state index contributed by atoms with van der Waals surface area (Å²) in [5.41, 5.74) is 4.84. The molecule has 0 aliphatic heterocycles. The van der Waals surface area contributed by atoms with Crippen LogP contribution >= 0.6 is 0 Å². The van der Waals surface area contributed by atoms with Crippen LogP contribution in [0.1, 0.15) is 38.3 Å². The van der Waals surface area contributed by atoms with E-state index in [0.29, 0.717) is 23.7 Å². The van der Waals surface area contributed by atoms with Crippen molar-refractivity contribution in [3.05, 3.63) is 48.4 Å². The Labute approximate surface area is 194 Å². The highest BCUT2D eigenvalue weighted by Gasteiger charge is 2.31. The minimum Gasteiger partial charge on any atom is -0.384 e. The molecule has 0 amide bonds. The lowest BCUT2D eigenvalue weighted by Crippen LogP contribution is -2.35. The zero-order valence-electron chi connectivity index (χ0n) is 19.7. The fourth-order valence-electron chi connectivity index (χ4n) is 4.55. The lowest BCUT2D eigenvalue weighted by Gasteiger charge is -2.36. The molecule has 8 heteroatoms. The van der Waals surface area contributed by atoms with Gasteiger partial charge in [0.2, 0.25) is 5.82 Å². The Hall–Kier alpha value is -3.26. The maximum atomic E-state index is 5.39. The van der Waals surface area contributed by atoms with E-state index in [1.165, 1.54) is 12.8 Å². The third-order valence-corrected chi connectivity index (χ3v) is 6.68. The summed E-state index contributed by atoms with van der Waals surface area (Å²) >= 11 is 0. The van der Waals surface area contributed by atoms with E-state index < -0.39 is 0 Å². The third kappa shape index (κ3) is 4.11.